The van der Waals surface area contributed by atoms with Crippen LogP contribution in [0.5, 0.6) is 0 Å². The largest absolute Gasteiger partial charge is 0.444 e. The lowest BCUT2D eigenvalue weighted by Crippen LogP contribution is -2.57. The van der Waals surface area contributed by atoms with Crippen molar-refractivity contribution < 1.29 is 23.1 Å². The minimum atomic E-state index is -0.898. The predicted octanol–water partition coefficient (Wildman–Crippen LogP) is 5.59. The lowest BCUT2D eigenvalue weighted by atomic mass is 10.0. The highest BCUT2D eigenvalue weighted by molar-refractivity contribution is 7.23. The first-order valence-corrected chi connectivity index (χ1v) is 12.8. The van der Waals surface area contributed by atoms with E-state index < -0.39 is 34.6 Å². The van der Waals surface area contributed by atoms with Gasteiger partial charge in [-0.1, -0.05) is 47.7 Å². The normalized spacial score (nSPS) is 13.9. The number of hydrogen-bond acceptors (Lipinski definition) is 6. The summed E-state index contributed by atoms with van der Waals surface area (Å²) in [6.45, 7) is 6.05. The molecule has 38 heavy (non-hydrogen) atoms. The van der Waals surface area contributed by atoms with Crippen molar-refractivity contribution >= 4 is 38.4 Å². The average Bonchev–Trinajstić information content (AvgIpc) is 3.19. The molecule has 1 N–H and O–H groups in total. The van der Waals surface area contributed by atoms with Crippen molar-refractivity contribution in [3.05, 3.63) is 93.8 Å². The van der Waals surface area contributed by atoms with E-state index in [4.69, 9.17) is 4.74 Å². The molecule has 0 aliphatic carbocycles. The number of likely N-dealkylation sites (tertiary alicyclic amines) is 1. The summed E-state index contributed by atoms with van der Waals surface area (Å²) < 4.78 is 35.9. The number of nitrogens with zero attached hydrogens (tertiary/aromatic N) is 2. The monoisotopic (exact) mass is 537 g/mol. The van der Waals surface area contributed by atoms with Gasteiger partial charge in [0.25, 0.3) is 5.56 Å². The first kappa shape index (κ1) is 25.6. The zero-order chi connectivity index (χ0) is 27.2. The van der Waals surface area contributed by atoms with E-state index in [1.54, 1.807) is 56.0 Å². The molecular weight excluding hydrogens is 512 g/mol. The number of hydrogen-bond donors (Lipinski definition) is 1. The second-order valence-corrected chi connectivity index (χ2v) is 11.0. The van der Waals surface area contributed by atoms with Crippen LogP contribution in [-0.4, -0.2) is 46.1 Å². The van der Waals surface area contributed by atoms with E-state index in [0.717, 1.165) is 28.0 Å². The van der Waals surface area contributed by atoms with Crippen molar-refractivity contribution in [2.45, 2.75) is 32.4 Å². The fourth-order valence-corrected chi connectivity index (χ4v) is 5.56. The van der Waals surface area contributed by atoms with Crippen LogP contribution < -0.4 is 10.9 Å². The van der Waals surface area contributed by atoms with E-state index in [9.17, 15) is 23.2 Å². The number of amides is 1. The number of pyridine rings is 1. The van der Waals surface area contributed by atoms with Crippen LogP contribution in [0.25, 0.3) is 15.9 Å². The first-order valence-electron chi connectivity index (χ1n) is 12.0. The summed E-state index contributed by atoms with van der Waals surface area (Å²) in [4.78, 5) is 40.7. The van der Waals surface area contributed by atoms with Crippen LogP contribution in [-0.2, 0) is 4.74 Å². The number of aromatic nitrogens is 1. The van der Waals surface area contributed by atoms with Crippen LogP contribution >= 0.6 is 11.3 Å². The van der Waals surface area contributed by atoms with Gasteiger partial charge in [-0.25, -0.2) is 13.6 Å². The van der Waals surface area contributed by atoms with E-state index in [2.05, 4.69) is 5.32 Å². The molecule has 2 aromatic heterocycles. The van der Waals surface area contributed by atoms with Crippen LogP contribution in [0.15, 0.2) is 65.5 Å². The van der Waals surface area contributed by atoms with Crippen LogP contribution in [0.4, 0.5) is 18.6 Å². The van der Waals surface area contributed by atoms with Crippen molar-refractivity contribution in [1.29, 1.82) is 0 Å². The molecule has 1 saturated heterocycles. The molecule has 5 rings (SSSR count). The van der Waals surface area contributed by atoms with E-state index in [1.807, 2.05) is 0 Å². The Labute approximate surface area is 221 Å². The van der Waals surface area contributed by atoms with Crippen LogP contribution in [0.3, 0.4) is 0 Å². The molecule has 0 bridgehead atoms. The highest BCUT2D eigenvalue weighted by Crippen LogP contribution is 2.39. The summed E-state index contributed by atoms with van der Waals surface area (Å²) in [6, 6.07) is 14.5. The molecule has 1 aliphatic heterocycles. The Kier molecular flexibility index (Phi) is 6.52. The highest BCUT2D eigenvalue weighted by atomic mass is 32.1. The topological polar surface area (TPSA) is 80.6 Å². The maximum Gasteiger partial charge on any atom is 0.410 e. The van der Waals surface area contributed by atoms with Crippen LogP contribution in [0.1, 0.15) is 36.7 Å². The van der Waals surface area contributed by atoms with Gasteiger partial charge in [0.2, 0.25) is 0 Å². The number of ether oxygens (including phenoxy) is 1. The van der Waals surface area contributed by atoms with Gasteiger partial charge in [0, 0.05) is 30.1 Å². The number of para-hydroxylation sites is 1. The Bertz CT molecular complexity index is 1580. The van der Waals surface area contributed by atoms with Crippen molar-refractivity contribution in [1.82, 2.24) is 9.47 Å². The maximum absolute atomic E-state index is 14.8. The molecule has 1 fully saturated rings. The molecule has 0 radical (unpaired) electrons. The number of ketones is 1. The molecule has 3 heterocycles. The van der Waals surface area contributed by atoms with Crippen molar-refractivity contribution in [2.75, 3.05) is 18.4 Å². The number of nitrogens with one attached hydrogen (secondary N) is 1. The number of anilines is 1. The Morgan fingerprint density at radius 2 is 1.63 bits per heavy atom. The maximum atomic E-state index is 14.8. The second-order valence-electron chi connectivity index (χ2n) is 10.0. The number of fused-ring (bicyclic) bond motifs is 1. The molecular formula is C28H25F2N3O4S. The van der Waals surface area contributed by atoms with E-state index in [1.165, 1.54) is 18.2 Å². The molecule has 0 unspecified atom stereocenters. The van der Waals surface area contributed by atoms with Crippen LogP contribution in [0, 0.1) is 11.6 Å². The lowest BCUT2D eigenvalue weighted by molar-refractivity contribution is 0.0105. The number of halogens is 2. The van der Waals surface area contributed by atoms with Gasteiger partial charge >= 0.3 is 6.09 Å². The molecule has 7 nitrogen and oxygen atoms in total. The quantitative estimate of drug-likeness (QED) is 0.336. The van der Waals surface area contributed by atoms with Gasteiger partial charge in [0.05, 0.1) is 11.6 Å². The fourth-order valence-electron chi connectivity index (χ4n) is 4.29. The zero-order valence-electron chi connectivity index (χ0n) is 21.0. The summed E-state index contributed by atoms with van der Waals surface area (Å²) in [6.07, 6.45) is -0.434. The van der Waals surface area contributed by atoms with E-state index in [-0.39, 0.29) is 22.2 Å². The van der Waals surface area contributed by atoms with Crippen molar-refractivity contribution in [3.63, 3.8) is 0 Å². The molecule has 196 valence electrons. The summed E-state index contributed by atoms with van der Waals surface area (Å²) in [5.74, 6) is -2.10. The van der Waals surface area contributed by atoms with Crippen molar-refractivity contribution in [3.8, 4) is 5.69 Å². The van der Waals surface area contributed by atoms with E-state index in [0.29, 0.717) is 29.0 Å². The number of benzene rings is 2. The SMILES string of the molecule is CC(C)(C)OC(=O)N1CC(Nc2sc3c(ccc(=O)n3-c3c(F)cccc3F)c2C(=O)c2ccccc2)C1. The molecule has 2 aromatic carbocycles. The average molecular weight is 538 g/mol. The van der Waals surface area contributed by atoms with Gasteiger partial charge in [0.1, 0.15) is 32.8 Å². The molecule has 0 spiro atoms. The van der Waals surface area contributed by atoms with Gasteiger partial charge in [-0.05, 0) is 39.0 Å². The highest BCUT2D eigenvalue weighted by Gasteiger charge is 2.35. The minimum Gasteiger partial charge on any atom is -0.444 e. The Morgan fingerprint density at radius 1 is 0.974 bits per heavy atom. The smallest absolute Gasteiger partial charge is 0.410 e. The summed E-state index contributed by atoms with van der Waals surface area (Å²) >= 11 is 1.06. The number of carbonyl (C=O) groups excluding carboxylic acids is 2. The summed E-state index contributed by atoms with van der Waals surface area (Å²) in [5.41, 5.74) is -1.05. The Morgan fingerprint density at radius 3 is 2.26 bits per heavy atom. The fraction of sp³-hybridized carbons (Fsp3) is 0.250. The molecule has 4 aromatic rings. The number of thiophene rings is 1. The summed E-state index contributed by atoms with van der Waals surface area (Å²) in [5, 5.41) is 4.14. The lowest BCUT2D eigenvalue weighted by Gasteiger charge is -2.40. The third kappa shape index (κ3) is 4.79. The predicted molar refractivity (Wildman–Crippen MR) is 142 cm³/mol. The third-order valence-electron chi connectivity index (χ3n) is 6.03. The third-order valence-corrected chi connectivity index (χ3v) is 7.16. The Hall–Kier alpha value is -4.05. The molecule has 1 aliphatic rings. The summed E-state index contributed by atoms with van der Waals surface area (Å²) in [7, 11) is 0. The van der Waals surface area contributed by atoms with Gasteiger partial charge in [-0.2, -0.15) is 0 Å². The van der Waals surface area contributed by atoms with Gasteiger partial charge < -0.3 is 15.0 Å². The molecule has 0 atom stereocenters. The zero-order valence-corrected chi connectivity index (χ0v) is 21.8. The number of rotatable bonds is 5. The van der Waals surface area contributed by atoms with E-state index >= 15 is 0 Å². The molecule has 0 saturated carbocycles. The standard InChI is InChI=1S/C28H25F2N3O4S/c1-28(2,3)37-27(36)32-14-17(15-32)31-25-22(24(35)16-8-5-4-6-9-16)18-12-13-21(34)33(26(18)38-25)23-19(29)10-7-11-20(23)30/h4-13,17,31H,14-15H2,1-3H3. The van der Waals surface area contributed by atoms with Gasteiger partial charge in [0.15, 0.2) is 5.78 Å². The van der Waals surface area contributed by atoms with Gasteiger partial charge in [-0.3, -0.25) is 14.2 Å². The Balaban J connectivity index is 1.58. The number of carbonyl (C=O) groups is 2. The van der Waals surface area contributed by atoms with Crippen molar-refractivity contribution in [2.24, 2.45) is 0 Å². The first-order chi connectivity index (χ1) is 18.0. The van der Waals surface area contributed by atoms with Gasteiger partial charge in [-0.15, -0.1) is 0 Å². The van der Waals surface area contributed by atoms with Crippen LogP contribution in [0.2, 0.25) is 0 Å². The second kappa shape index (κ2) is 9.68. The molecule has 10 heteroatoms. The minimum absolute atomic E-state index is 0.191. The molecule has 1 amide bonds.